The fraction of sp³-hybridized carbons (Fsp3) is 0.667. The van der Waals surface area contributed by atoms with E-state index in [2.05, 4.69) is 20.7 Å². The summed E-state index contributed by atoms with van der Waals surface area (Å²) < 4.78 is 10.0. The Labute approximate surface area is 113 Å². The first-order valence-corrected chi connectivity index (χ1v) is 6.36. The Morgan fingerprint density at radius 3 is 2.58 bits per heavy atom. The van der Waals surface area contributed by atoms with Gasteiger partial charge < -0.3 is 20.2 Å². The van der Waals surface area contributed by atoms with Crippen LogP contribution in [0.5, 0.6) is 0 Å². The number of nitrogens with zero attached hydrogens (tertiary/aromatic N) is 2. The zero-order chi connectivity index (χ0) is 13.9. The topological polar surface area (TPSA) is 94.3 Å². The number of nitrogens with one attached hydrogen (secondary N) is 2. The molecule has 0 spiro atoms. The van der Waals surface area contributed by atoms with E-state index in [0.717, 1.165) is 38.2 Å². The van der Waals surface area contributed by atoms with E-state index in [-0.39, 0.29) is 0 Å². The maximum Gasteiger partial charge on any atom is 0.158 e. The number of aromatic nitrogens is 2. The van der Waals surface area contributed by atoms with Crippen LogP contribution in [-0.4, -0.2) is 37.3 Å². The Bertz CT molecular complexity index is 362. The van der Waals surface area contributed by atoms with Crippen molar-refractivity contribution in [3.63, 3.8) is 0 Å². The number of hydrazine groups is 1. The number of hydrogen-bond acceptors (Lipinski definition) is 7. The Kier molecular flexibility index (Phi) is 7.80. The fourth-order valence-electron chi connectivity index (χ4n) is 1.62. The third-order valence-corrected chi connectivity index (χ3v) is 2.53. The van der Waals surface area contributed by atoms with Gasteiger partial charge in [-0.05, 0) is 19.3 Å². The van der Waals surface area contributed by atoms with Crippen LogP contribution >= 0.6 is 0 Å². The maximum absolute atomic E-state index is 5.37. The molecule has 7 nitrogen and oxygen atoms in total. The molecule has 0 saturated carbocycles. The van der Waals surface area contributed by atoms with Gasteiger partial charge in [-0.15, -0.1) is 0 Å². The zero-order valence-corrected chi connectivity index (χ0v) is 11.6. The van der Waals surface area contributed by atoms with E-state index in [1.807, 2.05) is 0 Å². The Morgan fingerprint density at radius 2 is 1.89 bits per heavy atom. The molecular formula is C12H23N5O2. The highest BCUT2D eigenvalue weighted by molar-refractivity contribution is 5.46. The Morgan fingerprint density at radius 1 is 1.11 bits per heavy atom. The molecule has 0 fully saturated rings. The summed E-state index contributed by atoms with van der Waals surface area (Å²) in [4.78, 5) is 8.52. The SMILES string of the molecule is COCCCCCNc1cc(NN)nc(COC)n1. The van der Waals surface area contributed by atoms with Crippen molar-refractivity contribution in [2.24, 2.45) is 5.84 Å². The van der Waals surface area contributed by atoms with Crippen LogP contribution in [0.3, 0.4) is 0 Å². The predicted octanol–water partition coefficient (Wildman–Crippen LogP) is 1.14. The van der Waals surface area contributed by atoms with E-state index in [0.29, 0.717) is 18.2 Å². The molecular weight excluding hydrogens is 246 g/mol. The molecule has 108 valence electrons. The molecule has 0 unspecified atom stereocenters. The number of anilines is 2. The van der Waals surface area contributed by atoms with Gasteiger partial charge in [0, 0.05) is 33.4 Å². The number of methoxy groups -OCH3 is 2. The average Bonchev–Trinajstić information content (AvgIpc) is 2.43. The molecule has 0 atom stereocenters. The summed E-state index contributed by atoms with van der Waals surface area (Å²) in [6.07, 6.45) is 3.27. The molecule has 1 aromatic heterocycles. The van der Waals surface area contributed by atoms with Gasteiger partial charge in [-0.2, -0.15) is 0 Å². The van der Waals surface area contributed by atoms with Crippen molar-refractivity contribution in [2.75, 3.05) is 38.1 Å². The number of rotatable bonds is 10. The highest BCUT2D eigenvalue weighted by atomic mass is 16.5. The molecule has 0 aliphatic carbocycles. The monoisotopic (exact) mass is 269 g/mol. The molecule has 4 N–H and O–H groups in total. The number of ether oxygens (including phenoxy) is 2. The van der Waals surface area contributed by atoms with Crippen LogP contribution in [0, 0.1) is 0 Å². The quantitative estimate of drug-likeness (QED) is 0.333. The zero-order valence-electron chi connectivity index (χ0n) is 11.6. The van der Waals surface area contributed by atoms with Crippen LogP contribution in [0.4, 0.5) is 11.6 Å². The largest absolute Gasteiger partial charge is 0.385 e. The summed E-state index contributed by atoms with van der Waals surface area (Å²) in [6.45, 7) is 2.03. The second kappa shape index (κ2) is 9.48. The van der Waals surface area contributed by atoms with Gasteiger partial charge in [0.05, 0.1) is 0 Å². The fourth-order valence-corrected chi connectivity index (χ4v) is 1.62. The van der Waals surface area contributed by atoms with Crippen LogP contribution in [-0.2, 0) is 16.1 Å². The summed E-state index contributed by atoms with van der Waals surface area (Å²) in [5.41, 5.74) is 2.52. The molecule has 19 heavy (non-hydrogen) atoms. The van der Waals surface area contributed by atoms with Crippen LogP contribution in [0.15, 0.2) is 6.07 Å². The molecule has 0 saturated heterocycles. The van der Waals surface area contributed by atoms with E-state index >= 15 is 0 Å². The van der Waals surface area contributed by atoms with Gasteiger partial charge in [0.25, 0.3) is 0 Å². The van der Waals surface area contributed by atoms with Gasteiger partial charge >= 0.3 is 0 Å². The summed E-state index contributed by atoms with van der Waals surface area (Å²) in [5.74, 6) is 7.29. The summed E-state index contributed by atoms with van der Waals surface area (Å²) >= 11 is 0. The van der Waals surface area contributed by atoms with Crippen molar-refractivity contribution in [3.05, 3.63) is 11.9 Å². The second-order valence-corrected chi connectivity index (χ2v) is 4.11. The van der Waals surface area contributed by atoms with E-state index in [9.17, 15) is 0 Å². The van der Waals surface area contributed by atoms with E-state index in [1.54, 1.807) is 20.3 Å². The normalized spacial score (nSPS) is 10.5. The van der Waals surface area contributed by atoms with Gasteiger partial charge in [-0.3, -0.25) is 0 Å². The highest BCUT2D eigenvalue weighted by Gasteiger charge is 2.03. The molecule has 1 rings (SSSR count). The van der Waals surface area contributed by atoms with Crippen molar-refractivity contribution in [1.82, 2.24) is 9.97 Å². The number of nitrogen functional groups attached to an aromatic ring is 1. The lowest BCUT2D eigenvalue weighted by Gasteiger charge is -2.09. The lowest BCUT2D eigenvalue weighted by atomic mass is 10.2. The minimum absolute atomic E-state index is 0.359. The van der Waals surface area contributed by atoms with Crippen LogP contribution < -0.4 is 16.6 Å². The summed E-state index contributed by atoms with van der Waals surface area (Å²) in [6, 6.07) is 1.77. The molecule has 0 amide bonds. The average molecular weight is 269 g/mol. The molecule has 7 heteroatoms. The van der Waals surface area contributed by atoms with Crippen LogP contribution in [0.2, 0.25) is 0 Å². The Balaban J connectivity index is 2.41. The number of nitrogens with two attached hydrogens (primary N) is 1. The summed E-state index contributed by atoms with van der Waals surface area (Å²) in [7, 11) is 3.33. The van der Waals surface area contributed by atoms with Gasteiger partial charge in [0.2, 0.25) is 0 Å². The molecule has 0 aliphatic heterocycles. The van der Waals surface area contributed by atoms with Gasteiger partial charge in [-0.25, -0.2) is 15.8 Å². The minimum Gasteiger partial charge on any atom is -0.385 e. The van der Waals surface area contributed by atoms with E-state index in [1.165, 1.54) is 0 Å². The van der Waals surface area contributed by atoms with Crippen molar-refractivity contribution in [2.45, 2.75) is 25.9 Å². The third-order valence-electron chi connectivity index (χ3n) is 2.53. The third kappa shape index (κ3) is 6.32. The molecule has 0 radical (unpaired) electrons. The first kappa shape index (κ1) is 15.6. The lowest BCUT2D eigenvalue weighted by molar-refractivity contribution is 0.178. The number of hydrogen-bond donors (Lipinski definition) is 3. The second-order valence-electron chi connectivity index (χ2n) is 4.11. The summed E-state index contributed by atoms with van der Waals surface area (Å²) in [5, 5.41) is 3.25. The van der Waals surface area contributed by atoms with E-state index < -0.39 is 0 Å². The van der Waals surface area contributed by atoms with Gasteiger partial charge in [-0.1, -0.05) is 0 Å². The number of unbranched alkanes of at least 4 members (excludes halogenated alkanes) is 2. The standard InChI is InChI=1S/C12H23N5O2/c1-18-7-5-3-4-6-14-10-8-11(17-13)16-12(15-10)9-19-2/h8H,3-7,9,13H2,1-2H3,(H2,14,15,16,17). The lowest BCUT2D eigenvalue weighted by Crippen LogP contribution is -2.13. The van der Waals surface area contributed by atoms with Crippen LogP contribution in [0.1, 0.15) is 25.1 Å². The van der Waals surface area contributed by atoms with Crippen molar-refractivity contribution in [3.8, 4) is 0 Å². The van der Waals surface area contributed by atoms with E-state index in [4.69, 9.17) is 15.3 Å². The van der Waals surface area contributed by atoms with Gasteiger partial charge in [0.1, 0.15) is 18.2 Å². The van der Waals surface area contributed by atoms with Crippen molar-refractivity contribution >= 4 is 11.6 Å². The molecule has 1 heterocycles. The first-order chi connectivity index (χ1) is 9.30. The molecule has 0 aromatic carbocycles. The minimum atomic E-state index is 0.359. The Hall–Kier alpha value is -1.44. The van der Waals surface area contributed by atoms with Crippen molar-refractivity contribution in [1.29, 1.82) is 0 Å². The predicted molar refractivity (Wildman–Crippen MR) is 74.8 cm³/mol. The van der Waals surface area contributed by atoms with Gasteiger partial charge in [0.15, 0.2) is 5.82 Å². The van der Waals surface area contributed by atoms with Crippen molar-refractivity contribution < 1.29 is 9.47 Å². The van der Waals surface area contributed by atoms with Crippen LogP contribution in [0.25, 0.3) is 0 Å². The highest BCUT2D eigenvalue weighted by Crippen LogP contribution is 2.11. The maximum atomic E-state index is 5.37. The smallest absolute Gasteiger partial charge is 0.158 e. The molecule has 1 aromatic rings. The molecule has 0 bridgehead atoms. The first-order valence-electron chi connectivity index (χ1n) is 6.36. The molecule has 0 aliphatic rings.